The molecule has 0 fully saturated rings. The Bertz CT molecular complexity index is 1630. The molecule has 2 heterocycles. The molecule has 1 aliphatic heterocycles. The molecule has 4 aromatic rings. The van der Waals surface area contributed by atoms with E-state index < -0.39 is 6.04 Å². The number of ether oxygens (including phenoxy) is 1. The van der Waals surface area contributed by atoms with Crippen molar-refractivity contribution in [3.8, 4) is 11.1 Å². The first-order chi connectivity index (χ1) is 21.6. The van der Waals surface area contributed by atoms with Crippen molar-refractivity contribution < 1.29 is 19.4 Å². The van der Waals surface area contributed by atoms with Crippen LogP contribution in [0.4, 0.5) is 0 Å². The maximum atomic E-state index is 14.6. The van der Waals surface area contributed by atoms with Crippen molar-refractivity contribution >= 4 is 22.7 Å². The summed E-state index contributed by atoms with van der Waals surface area (Å²) in [5.74, 6) is -0.244. The Kier molecular flexibility index (Phi) is 10.1. The van der Waals surface area contributed by atoms with Gasteiger partial charge in [0.15, 0.2) is 0 Å². The summed E-state index contributed by atoms with van der Waals surface area (Å²) in [6.07, 6.45) is 0.249. The summed E-state index contributed by atoms with van der Waals surface area (Å²) in [4.78, 5) is 34.0. The highest BCUT2D eigenvalue weighted by Crippen LogP contribution is 2.38. The Labute approximate surface area is 266 Å². The number of aryl methyl sites for hydroxylation is 1. The largest absolute Gasteiger partial charge is 0.394 e. The van der Waals surface area contributed by atoms with Gasteiger partial charge < -0.3 is 24.2 Å². The highest BCUT2D eigenvalue weighted by molar-refractivity contribution is 6.10. The minimum atomic E-state index is -0.411. The summed E-state index contributed by atoms with van der Waals surface area (Å²) in [6, 6.07) is 25.5. The molecule has 1 aromatic heterocycles. The Morgan fingerprint density at radius 3 is 2.38 bits per heavy atom. The maximum absolute atomic E-state index is 14.6. The first-order valence-corrected chi connectivity index (χ1v) is 15.8. The molecule has 1 N–H and O–H groups in total. The van der Waals surface area contributed by atoms with Gasteiger partial charge in [-0.3, -0.25) is 14.5 Å². The number of para-hydroxylation sites is 1. The van der Waals surface area contributed by atoms with Crippen molar-refractivity contribution in [2.24, 2.45) is 13.0 Å². The number of aromatic nitrogens is 1. The van der Waals surface area contributed by atoms with Crippen molar-refractivity contribution in [1.82, 2.24) is 19.3 Å². The number of benzene rings is 3. The van der Waals surface area contributed by atoms with E-state index in [1.54, 1.807) is 9.80 Å². The fourth-order valence-electron chi connectivity index (χ4n) is 6.47. The fraction of sp³-hybridized carbons (Fsp3) is 0.405. The third kappa shape index (κ3) is 6.69. The van der Waals surface area contributed by atoms with Crippen LogP contribution in [0.15, 0.2) is 78.9 Å². The number of aliphatic hydroxyl groups is 1. The molecule has 8 heteroatoms. The first-order valence-electron chi connectivity index (χ1n) is 15.8. The molecule has 0 radical (unpaired) electrons. The van der Waals surface area contributed by atoms with E-state index in [4.69, 9.17) is 4.74 Å². The Morgan fingerprint density at radius 1 is 1.00 bits per heavy atom. The van der Waals surface area contributed by atoms with Crippen LogP contribution in [0.2, 0.25) is 0 Å². The lowest BCUT2D eigenvalue weighted by Crippen LogP contribution is -2.50. The van der Waals surface area contributed by atoms with E-state index >= 15 is 0 Å². The van der Waals surface area contributed by atoms with Crippen LogP contribution in [-0.2, 0) is 29.6 Å². The minimum absolute atomic E-state index is 0.0184. The van der Waals surface area contributed by atoms with Gasteiger partial charge in [0.25, 0.3) is 5.91 Å². The molecule has 3 aromatic carbocycles. The second kappa shape index (κ2) is 14.0. The number of carbonyl (C=O) groups excluding carboxylic acids is 2. The number of hydrogen-bond acceptors (Lipinski definition) is 5. The number of rotatable bonds is 8. The van der Waals surface area contributed by atoms with Gasteiger partial charge in [-0.05, 0) is 50.2 Å². The number of carbonyl (C=O) groups is 2. The molecule has 0 aliphatic carbocycles. The van der Waals surface area contributed by atoms with E-state index in [0.717, 1.165) is 33.2 Å². The summed E-state index contributed by atoms with van der Waals surface area (Å²) in [5.41, 5.74) is 5.47. The van der Waals surface area contributed by atoms with Gasteiger partial charge in [0, 0.05) is 49.6 Å². The van der Waals surface area contributed by atoms with E-state index in [9.17, 15) is 14.7 Å². The van der Waals surface area contributed by atoms with Crippen molar-refractivity contribution in [3.63, 3.8) is 0 Å². The van der Waals surface area contributed by atoms with E-state index in [2.05, 4.69) is 19.1 Å². The lowest BCUT2D eigenvalue weighted by Gasteiger charge is -2.36. The molecule has 8 nitrogen and oxygen atoms in total. The SMILES string of the molecule is C[C@H]1CN([C@@H](C)CO)C(=O)c2c(c3ccccc3n2C)-c2ccccc2CO[C@@H]1CN(C)C(=O)[C@H](Cc1ccccc1)N(C)C. The average molecular weight is 611 g/mol. The zero-order valence-corrected chi connectivity index (χ0v) is 27.3. The van der Waals surface area contributed by atoms with Gasteiger partial charge in [0.2, 0.25) is 5.91 Å². The molecule has 2 amide bonds. The summed E-state index contributed by atoms with van der Waals surface area (Å²) >= 11 is 0. The molecule has 45 heavy (non-hydrogen) atoms. The van der Waals surface area contributed by atoms with Gasteiger partial charge in [-0.1, -0.05) is 79.7 Å². The van der Waals surface area contributed by atoms with E-state index in [-0.39, 0.29) is 36.5 Å². The highest BCUT2D eigenvalue weighted by atomic mass is 16.5. The zero-order valence-electron chi connectivity index (χ0n) is 27.3. The molecule has 0 unspecified atom stereocenters. The lowest BCUT2D eigenvalue weighted by atomic mass is 9.96. The van der Waals surface area contributed by atoms with Gasteiger partial charge in [-0.15, -0.1) is 0 Å². The van der Waals surface area contributed by atoms with E-state index in [1.165, 1.54) is 0 Å². The van der Waals surface area contributed by atoms with Gasteiger partial charge in [0.05, 0.1) is 31.4 Å². The highest BCUT2D eigenvalue weighted by Gasteiger charge is 2.34. The average Bonchev–Trinajstić information content (AvgIpc) is 3.34. The van der Waals surface area contributed by atoms with Crippen LogP contribution in [-0.4, -0.2) is 95.2 Å². The van der Waals surface area contributed by atoms with Crippen molar-refractivity contribution in [1.29, 1.82) is 0 Å². The molecule has 4 atom stereocenters. The maximum Gasteiger partial charge on any atom is 0.271 e. The van der Waals surface area contributed by atoms with Crippen LogP contribution in [0.3, 0.4) is 0 Å². The smallest absolute Gasteiger partial charge is 0.271 e. The summed E-state index contributed by atoms with van der Waals surface area (Å²) < 4.78 is 8.68. The molecule has 238 valence electrons. The van der Waals surface area contributed by atoms with Crippen molar-refractivity contribution in [2.45, 2.75) is 45.1 Å². The quantitative estimate of drug-likeness (QED) is 0.309. The van der Waals surface area contributed by atoms with Gasteiger partial charge in [-0.2, -0.15) is 0 Å². The monoisotopic (exact) mass is 610 g/mol. The van der Waals surface area contributed by atoms with Gasteiger partial charge in [0.1, 0.15) is 5.69 Å². The summed E-state index contributed by atoms with van der Waals surface area (Å²) in [5, 5.41) is 11.3. The predicted molar refractivity (Wildman–Crippen MR) is 179 cm³/mol. The van der Waals surface area contributed by atoms with Crippen LogP contribution < -0.4 is 0 Å². The molecule has 0 bridgehead atoms. The third-order valence-corrected chi connectivity index (χ3v) is 9.24. The van der Waals surface area contributed by atoms with Crippen LogP contribution in [0.25, 0.3) is 22.0 Å². The number of amides is 2. The summed E-state index contributed by atoms with van der Waals surface area (Å²) in [6.45, 7) is 4.84. The molecule has 0 saturated carbocycles. The number of fused-ring (bicyclic) bond motifs is 5. The standard InChI is InChI=1S/C37H46N4O4/c1-25-21-41(26(2)23-42)37(44)35-34(30-18-12-13-19-31(30)40(35)6)29-17-11-10-16-28(29)24-45-33(25)22-39(5)36(43)32(38(3)4)20-27-14-8-7-9-15-27/h7-19,25-26,32-33,42H,20-24H2,1-6H3/t25-,26-,32-,33+/m0/s1. The Balaban J connectivity index is 1.52. The fourth-order valence-corrected chi connectivity index (χ4v) is 6.47. The molecule has 1 aliphatic rings. The third-order valence-electron chi connectivity index (χ3n) is 9.24. The number of hydrogen-bond donors (Lipinski definition) is 1. The normalized spacial score (nSPS) is 18.7. The van der Waals surface area contributed by atoms with E-state index in [0.29, 0.717) is 31.8 Å². The minimum Gasteiger partial charge on any atom is -0.394 e. The van der Waals surface area contributed by atoms with Gasteiger partial charge in [-0.25, -0.2) is 0 Å². The second-order valence-corrected chi connectivity index (χ2v) is 12.7. The van der Waals surface area contributed by atoms with Crippen LogP contribution in [0.5, 0.6) is 0 Å². The molecular weight excluding hydrogens is 564 g/mol. The number of nitrogens with zero attached hydrogens (tertiary/aromatic N) is 4. The zero-order chi connectivity index (χ0) is 32.2. The molecule has 5 rings (SSSR count). The number of aliphatic hydroxyl groups excluding tert-OH is 1. The predicted octanol–water partition coefficient (Wildman–Crippen LogP) is 4.83. The van der Waals surface area contributed by atoms with Gasteiger partial charge >= 0.3 is 0 Å². The number of likely N-dealkylation sites (N-methyl/N-ethyl adjacent to an activating group) is 2. The topological polar surface area (TPSA) is 78.2 Å². The molecular formula is C37H46N4O4. The van der Waals surface area contributed by atoms with Crippen molar-refractivity contribution in [2.75, 3.05) is 40.8 Å². The van der Waals surface area contributed by atoms with Crippen molar-refractivity contribution in [3.05, 3.63) is 95.7 Å². The Morgan fingerprint density at radius 2 is 1.67 bits per heavy atom. The van der Waals surface area contributed by atoms with Crippen LogP contribution >= 0.6 is 0 Å². The van der Waals surface area contributed by atoms with Crippen LogP contribution in [0.1, 0.15) is 35.5 Å². The molecule has 0 saturated heterocycles. The van der Waals surface area contributed by atoms with Crippen LogP contribution in [0, 0.1) is 5.92 Å². The second-order valence-electron chi connectivity index (χ2n) is 12.7. The Hall–Kier alpha value is -3.98. The summed E-state index contributed by atoms with van der Waals surface area (Å²) in [7, 11) is 7.64. The van der Waals surface area contributed by atoms with E-state index in [1.807, 2.05) is 111 Å². The first kappa shape index (κ1) is 32.4. The lowest BCUT2D eigenvalue weighted by molar-refractivity contribution is -0.137. The molecule has 0 spiro atoms.